The van der Waals surface area contributed by atoms with Crippen molar-refractivity contribution in [1.82, 2.24) is 60.8 Å². The van der Waals surface area contributed by atoms with Gasteiger partial charge in [-0.2, -0.15) is 0 Å². The van der Waals surface area contributed by atoms with Crippen LogP contribution in [0.1, 0.15) is 204 Å². The molecule has 0 bridgehead atoms. The van der Waals surface area contributed by atoms with Crippen molar-refractivity contribution in [2.24, 2.45) is 0 Å². The van der Waals surface area contributed by atoms with Crippen LogP contribution in [-0.2, 0) is 64.6 Å². The Kier molecular flexibility index (Phi) is 32.3. The molecule has 676 valence electrons. The van der Waals surface area contributed by atoms with Crippen molar-refractivity contribution in [3.63, 3.8) is 0 Å². The zero-order valence-corrected chi connectivity index (χ0v) is 75.9. The van der Waals surface area contributed by atoms with Gasteiger partial charge in [0.25, 0.3) is 0 Å². The first-order chi connectivity index (χ1) is 60.6. The zero-order valence-electron chi connectivity index (χ0n) is 75.1. The molecule has 0 spiro atoms. The second-order valence-corrected chi connectivity index (χ2v) is 35.5. The molecule has 8 aromatic rings. The summed E-state index contributed by atoms with van der Waals surface area (Å²) in [6.07, 6.45) is 7.51. The van der Waals surface area contributed by atoms with Crippen molar-refractivity contribution in [2.45, 2.75) is 189 Å². The highest BCUT2D eigenvalue weighted by molar-refractivity contribution is 6.30. The van der Waals surface area contributed by atoms with Gasteiger partial charge in [0, 0.05) is 225 Å². The second-order valence-electron chi connectivity index (χ2n) is 35.1. The molecule has 8 aliphatic rings. The first kappa shape index (κ1) is 93.9. The predicted octanol–water partition coefficient (Wildman–Crippen LogP) is 13.9. The molecule has 126 heavy (non-hydrogen) atoms. The van der Waals surface area contributed by atoms with E-state index in [0.717, 1.165) is 121 Å². The summed E-state index contributed by atoms with van der Waals surface area (Å²) >= 11 is 5.86. The van der Waals surface area contributed by atoms with Crippen molar-refractivity contribution >= 4 is 58.0 Å². The van der Waals surface area contributed by atoms with E-state index in [0.29, 0.717) is 122 Å². The van der Waals surface area contributed by atoms with Crippen molar-refractivity contribution < 1.29 is 55.7 Å². The number of anilines is 4. The Morgan fingerprint density at radius 3 is 0.873 bits per heavy atom. The van der Waals surface area contributed by atoms with Crippen LogP contribution in [0.2, 0.25) is 5.02 Å². The van der Waals surface area contributed by atoms with E-state index in [2.05, 4.69) is 146 Å². The molecule has 0 radical (unpaired) electrons. The number of hydrogen-bond acceptors (Lipinski definition) is 20. The summed E-state index contributed by atoms with van der Waals surface area (Å²) in [7, 11) is 0. The summed E-state index contributed by atoms with van der Waals surface area (Å²) in [5, 5.41) is 13.5. The Balaban J connectivity index is 0.000000144. The molecule has 4 N–H and O–H groups in total. The van der Waals surface area contributed by atoms with Gasteiger partial charge in [0.1, 0.15) is 11.6 Å². The SMILES string of the molecule is CC(C)NCC(C(=O)N1CCN(c2ccnc3c2[C@H](C)OC3)CC1)c1ccc(Cl)c(F)c1.CC(C)NCC(C(=O)N1CCN(c2ccnc3c2[C@H](C)OC3)CC1)c1ccc(F)c(F)c1.CC(C)NCC(C(=O)N1CCN(c2ccnc3c2[C@H](C)OC3)CC1)c1ccc(F)cc1.Cc1ccc(C(CNC(C)C)C(=O)N2CCN(c3ccnc4c3[C@H](C)OC4)CC2)cc1. The molecule has 4 amide bonds. The van der Waals surface area contributed by atoms with E-state index >= 15 is 0 Å². The number of halogens is 5. The number of hydrogen-bond donors (Lipinski definition) is 4. The Labute approximate surface area is 744 Å². The van der Waals surface area contributed by atoms with Crippen LogP contribution < -0.4 is 40.9 Å². The average molecular weight is 1750 g/mol. The van der Waals surface area contributed by atoms with Gasteiger partial charge in [-0.1, -0.05) is 121 Å². The fourth-order valence-electron chi connectivity index (χ4n) is 17.8. The van der Waals surface area contributed by atoms with Gasteiger partial charge in [-0.25, -0.2) is 17.6 Å². The number of amides is 4. The summed E-state index contributed by atoms with van der Waals surface area (Å²) in [5.74, 6) is -3.90. The quantitative estimate of drug-likeness (QED) is 0.0412. The van der Waals surface area contributed by atoms with Crippen molar-refractivity contribution in [2.75, 3.05) is 150 Å². The lowest BCUT2D eigenvalue weighted by Crippen LogP contribution is -2.51. The molecule has 8 atom stereocenters. The summed E-state index contributed by atoms with van der Waals surface area (Å²) < 4.78 is 77.9. The molecule has 8 aliphatic heterocycles. The molecule has 4 fully saturated rings. The Hall–Kier alpha value is -9.75. The van der Waals surface area contributed by atoms with Gasteiger partial charge in [-0.3, -0.25) is 39.1 Å². The van der Waals surface area contributed by atoms with Crippen LogP contribution in [0.15, 0.2) is 134 Å². The number of pyridine rings is 4. The maximum Gasteiger partial charge on any atom is 0.231 e. The number of benzene rings is 4. The number of carbonyl (C=O) groups is 4. The highest BCUT2D eigenvalue weighted by Crippen LogP contribution is 2.42. The van der Waals surface area contributed by atoms with Crippen LogP contribution in [0.25, 0.3) is 0 Å². The number of ether oxygens (including phenoxy) is 4. The lowest BCUT2D eigenvalue weighted by atomic mass is 9.95. The van der Waals surface area contributed by atoms with Crippen molar-refractivity contribution in [3.8, 4) is 0 Å². The van der Waals surface area contributed by atoms with Gasteiger partial charge >= 0.3 is 0 Å². The van der Waals surface area contributed by atoms with Gasteiger partial charge in [0.2, 0.25) is 23.6 Å². The Morgan fingerprint density at radius 2 is 0.603 bits per heavy atom. The number of rotatable bonds is 24. The smallest absolute Gasteiger partial charge is 0.231 e. The van der Waals surface area contributed by atoms with E-state index in [1.165, 1.54) is 58.4 Å². The Morgan fingerprint density at radius 1 is 0.349 bits per heavy atom. The van der Waals surface area contributed by atoms with E-state index in [4.69, 9.17) is 30.5 Å². The summed E-state index contributed by atoms with van der Waals surface area (Å²) in [5.41, 5.74) is 17.6. The molecule has 12 heterocycles. The zero-order chi connectivity index (χ0) is 89.6. The van der Waals surface area contributed by atoms with Crippen molar-refractivity contribution in [3.05, 3.63) is 235 Å². The third kappa shape index (κ3) is 23.0. The average Bonchev–Trinajstić information content (AvgIpc) is 1.17. The van der Waals surface area contributed by atoms with E-state index in [1.54, 1.807) is 18.2 Å². The van der Waals surface area contributed by atoms with E-state index < -0.39 is 29.3 Å². The first-order valence-electron chi connectivity index (χ1n) is 44.7. The first-order valence-corrected chi connectivity index (χ1v) is 45.1. The van der Waals surface area contributed by atoms with E-state index in [1.807, 2.05) is 98.1 Å². The minimum absolute atomic E-state index is 0.00761. The topological polar surface area (TPSA) is 231 Å². The van der Waals surface area contributed by atoms with Gasteiger partial charge in [-0.05, 0) is 118 Å². The maximum atomic E-state index is 14.1. The monoisotopic (exact) mass is 1750 g/mol. The fraction of sp³-hybridized carbons (Fsp3) is 0.505. The van der Waals surface area contributed by atoms with E-state index in [-0.39, 0.29) is 88.8 Å². The predicted molar refractivity (Wildman–Crippen MR) is 484 cm³/mol. The number of fused-ring (bicyclic) bond motifs is 4. The van der Waals surface area contributed by atoms with Gasteiger partial charge in [0.15, 0.2) is 11.6 Å². The van der Waals surface area contributed by atoms with Crippen LogP contribution in [-0.4, -0.2) is 218 Å². The number of nitrogens with one attached hydrogen (secondary N) is 4. The fourth-order valence-corrected chi connectivity index (χ4v) is 17.9. The number of aryl methyl sites for hydroxylation is 1. The van der Waals surface area contributed by atoms with Crippen LogP contribution in [0.5, 0.6) is 0 Å². The van der Waals surface area contributed by atoms with Crippen LogP contribution in [0, 0.1) is 30.2 Å². The molecule has 4 unspecified atom stereocenters. The standard InChI is InChI=1S/C25H34N4O2.C24H30ClFN4O2.C24H30F2N4O2.C24H31FN4O2/c1-17(2)27-15-21(20-7-5-18(3)6-8-20)25(30)29-13-11-28(12-14-29)23-9-10-26-22-16-31-19(4)24(22)23;2*1-15(2)28-13-18(17-4-5-19(25)20(26)12-17)24(31)30-10-8-29(9-11-30)22-6-7-27-21-14-32-16(3)23(21)22;1-16(2)27-14-20(18-4-6-19(25)7-5-18)24(30)29-12-10-28(11-13-29)22-8-9-26-21-15-31-17(3)23(21)22/h5-10,17,19,21,27H,11-16H2,1-4H3;2*4-7,12,15-16,18,28H,8-11,13-14H2,1-3H3;4-9,16-17,20,27H,10-15H2,1-3H3/t19-,21?;2*16-,18?;17-,20?/m0000/s1. The summed E-state index contributed by atoms with van der Waals surface area (Å²) in [6, 6.07) is 32.2. The highest BCUT2D eigenvalue weighted by atomic mass is 35.5. The third-order valence-electron chi connectivity index (χ3n) is 25.0. The summed E-state index contributed by atoms with van der Waals surface area (Å²) in [4.78, 5) is 88.6. The largest absolute Gasteiger partial charge is 0.368 e. The minimum Gasteiger partial charge on any atom is -0.368 e. The molecule has 29 heteroatoms. The maximum absolute atomic E-state index is 14.1. The van der Waals surface area contributed by atoms with Gasteiger partial charge in [-0.15, -0.1) is 0 Å². The molecule has 4 aromatic heterocycles. The second kappa shape index (κ2) is 43.4. The van der Waals surface area contributed by atoms with Crippen LogP contribution in [0.4, 0.5) is 40.3 Å². The lowest BCUT2D eigenvalue weighted by molar-refractivity contribution is -0.133. The highest BCUT2D eigenvalue weighted by Gasteiger charge is 2.39. The van der Waals surface area contributed by atoms with Crippen LogP contribution >= 0.6 is 11.6 Å². The molecular weight excluding hydrogens is 1630 g/mol. The number of aromatic nitrogens is 4. The lowest BCUT2D eigenvalue weighted by Gasteiger charge is -2.38. The summed E-state index contributed by atoms with van der Waals surface area (Å²) in [6.45, 7) is 42.1. The molecule has 0 aliphatic carbocycles. The van der Waals surface area contributed by atoms with Crippen molar-refractivity contribution in [1.29, 1.82) is 0 Å². The normalized spacial score (nSPS) is 19.5. The molecular formula is C97H125ClF4N16O8. The van der Waals surface area contributed by atoms with E-state index in [9.17, 15) is 36.7 Å². The molecule has 0 saturated carbocycles. The van der Waals surface area contributed by atoms with Crippen LogP contribution in [0.3, 0.4) is 0 Å². The molecule has 4 saturated heterocycles. The Bertz CT molecular complexity index is 4700. The molecule has 24 nitrogen and oxygen atoms in total. The van der Waals surface area contributed by atoms with Gasteiger partial charge < -0.3 is 79.4 Å². The number of carbonyl (C=O) groups excluding carboxylic acids is 4. The third-order valence-corrected chi connectivity index (χ3v) is 25.3. The number of piperazine rings is 4. The number of nitrogens with zero attached hydrogens (tertiary/aromatic N) is 12. The van der Waals surface area contributed by atoms with Gasteiger partial charge in [0.05, 0.1) is 102 Å². The molecule has 4 aromatic carbocycles. The molecule has 16 rings (SSSR count). The minimum atomic E-state index is -0.933.